The maximum Gasteiger partial charge on any atom is 0.123 e. The van der Waals surface area contributed by atoms with Crippen LogP contribution >= 0.6 is 11.3 Å². The van der Waals surface area contributed by atoms with Gasteiger partial charge in [0, 0.05) is 23.2 Å². The van der Waals surface area contributed by atoms with E-state index in [0.717, 1.165) is 5.01 Å². The molecule has 0 saturated carbocycles. The van der Waals surface area contributed by atoms with Crippen LogP contribution in [0.2, 0.25) is 0 Å². The van der Waals surface area contributed by atoms with E-state index in [-0.39, 0.29) is 0 Å². The van der Waals surface area contributed by atoms with E-state index >= 15 is 0 Å². The van der Waals surface area contributed by atoms with Crippen molar-refractivity contribution >= 4 is 11.3 Å². The van der Waals surface area contributed by atoms with Crippen LogP contribution in [0, 0.1) is 0 Å². The molecule has 1 saturated heterocycles. The molecule has 1 aromatic heterocycles. The molecule has 1 aliphatic rings. The molecule has 94 valence electrons. The van der Waals surface area contributed by atoms with Crippen LogP contribution in [0.3, 0.4) is 0 Å². The third-order valence-corrected chi connectivity index (χ3v) is 4.58. The smallest absolute Gasteiger partial charge is 0.123 e. The maximum absolute atomic E-state index is 4.35. The van der Waals surface area contributed by atoms with Crippen LogP contribution in [0.5, 0.6) is 0 Å². The van der Waals surface area contributed by atoms with Gasteiger partial charge in [0.05, 0.1) is 0 Å². The zero-order chi connectivity index (χ0) is 12.4. The Morgan fingerprint density at radius 3 is 2.50 bits per heavy atom. The summed E-state index contributed by atoms with van der Waals surface area (Å²) in [6.45, 7) is 4.80. The van der Waals surface area contributed by atoms with Crippen molar-refractivity contribution in [3.63, 3.8) is 0 Å². The number of rotatable bonds is 3. The summed E-state index contributed by atoms with van der Waals surface area (Å²) in [7, 11) is 0. The van der Waals surface area contributed by atoms with E-state index in [2.05, 4.69) is 41.1 Å². The largest absolute Gasteiger partial charge is 0.297 e. The van der Waals surface area contributed by atoms with Crippen LogP contribution < -0.4 is 0 Å². The molecule has 1 aromatic carbocycles. The minimum atomic E-state index is 0.540. The summed E-state index contributed by atoms with van der Waals surface area (Å²) in [5, 5.41) is 3.13. The van der Waals surface area contributed by atoms with Gasteiger partial charge in [0.1, 0.15) is 5.01 Å². The molecule has 1 unspecified atom stereocenters. The number of likely N-dealkylation sites (tertiary alicyclic amines) is 1. The van der Waals surface area contributed by atoms with Gasteiger partial charge < -0.3 is 0 Å². The maximum atomic E-state index is 4.35. The third kappa shape index (κ3) is 2.33. The van der Waals surface area contributed by atoms with E-state index in [0.29, 0.717) is 6.04 Å². The zero-order valence-corrected chi connectivity index (χ0v) is 11.5. The second-order valence-electron chi connectivity index (χ2n) is 4.88. The molecule has 2 heterocycles. The predicted octanol–water partition coefficient (Wildman–Crippen LogP) is 3.97. The lowest BCUT2D eigenvalue weighted by Gasteiger charge is -2.24. The average Bonchev–Trinajstić information content (AvgIpc) is 3.11. The van der Waals surface area contributed by atoms with Crippen molar-refractivity contribution in [1.29, 1.82) is 0 Å². The van der Waals surface area contributed by atoms with Crippen LogP contribution in [0.1, 0.15) is 31.4 Å². The quantitative estimate of drug-likeness (QED) is 0.828. The summed E-state index contributed by atoms with van der Waals surface area (Å²) in [5.74, 6) is 0. The van der Waals surface area contributed by atoms with Gasteiger partial charge in [0.25, 0.3) is 0 Å². The van der Waals surface area contributed by atoms with Gasteiger partial charge in [-0.1, -0.05) is 24.3 Å². The van der Waals surface area contributed by atoms with Crippen molar-refractivity contribution in [2.24, 2.45) is 0 Å². The topological polar surface area (TPSA) is 16.1 Å². The number of hydrogen-bond acceptors (Lipinski definition) is 3. The summed E-state index contributed by atoms with van der Waals surface area (Å²) in [6.07, 6.45) is 4.56. The van der Waals surface area contributed by atoms with Gasteiger partial charge >= 0.3 is 0 Å². The first kappa shape index (κ1) is 11.9. The van der Waals surface area contributed by atoms with Crippen molar-refractivity contribution in [1.82, 2.24) is 9.88 Å². The minimum Gasteiger partial charge on any atom is -0.297 e. The average molecular weight is 258 g/mol. The highest BCUT2D eigenvalue weighted by Crippen LogP contribution is 2.27. The molecular formula is C15H18N2S. The summed E-state index contributed by atoms with van der Waals surface area (Å²) >= 11 is 1.69. The molecule has 0 aliphatic carbocycles. The number of aromatic nitrogens is 1. The SMILES string of the molecule is CC(c1ccc(-c2nccs2)cc1)N1CCCC1. The fourth-order valence-electron chi connectivity index (χ4n) is 2.61. The molecule has 0 amide bonds. The Morgan fingerprint density at radius 2 is 1.89 bits per heavy atom. The highest BCUT2D eigenvalue weighted by atomic mass is 32.1. The highest BCUT2D eigenvalue weighted by Gasteiger charge is 2.19. The number of hydrogen-bond donors (Lipinski definition) is 0. The molecule has 0 bridgehead atoms. The molecule has 18 heavy (non-hydrogen) atoms. The molecule has 2 nitrogen and oxygen atoms in total. The van der Waals surface area contributed by atoms with Crippen LogP contribution in [0.4, 0.5) is 0 Å². The minimum absolute atomic E-state index is 0.540. The van der Waals surface area contributed by atoms with Crippen molar-refractivity contribution in [3.8, 4) is 10.6 Å². The van der Waals surface area contributed by atoms with Gasteiger partial charge in [0.2, 0.25) is 0 Å². The lowest BCUT2D eigenvalue weighted by Crippen LogP contribution is -2.23. The molecule has 0 spiro atoms. The van der Waals surface area contributed by atoms with Gasteiger partial charge in [-0.2, -0.15) is 0 Å². The van der Waals surface area contributed by atoms with Gasteiger partial charge in [-0.3, -0.25) is 4.90 Å². The molecule has 2 aromatic rings. The van der Waals surface area contributed by atoms with E-state index in [9.17, 15) is 0 Å². The summed E-state index contributed by atoms with van der Waals surface area (Å²) < 4.78 is 0. The Labute approximate surface area is 112 Å². The lowest BCUT2D eigenvalue weighted by molar-refractivity contribution is 0.263. The Morgan fingerprint density at radius 1 is 1.17 bits per heavy atom. The second kappa shape index (κ2) is 5.21. The first-order valence-electron chi connectivity index (χ1n) is 6.58. The number of nitrogens with zero attached hydrogens (tertiary/aromatic N) is 2. The fraction of sp³-hybridized carbons (Fsp3) is 0.400. The molecule has 1 fully saturated rings. The van der Waals surface area contributed by atoms with Crippen LogP contribution in [0.15, 0.2) is 35.8 Å². The van der Waals surface area contributed by atoms with Crippen molar-refractivity contribution in [2.45, 2.75) is 25.8 Å². The van der Waals surface area contributed by atoms with Crippen LogP contribution in [-0.2, 0) is 0 Å². The van der Waals surface area contributed by atoms with E-state index in [4.69, 9.17) is 0 Å². The Kier molecular flexibility index (Phi) is 3.43. The predicted molar refractivity (Wildman–Crippen MR) is 76.8 cm³/mol. The molecule has 0 N–H and O–H groups in total. The highest BCUT2D eigenvalue weighted by molar-refractivity contribution is 7.13. The molecule has 0 radical (unpaired) electrons. The van der Waals surface area contributed by atoms with Gasteiger partial charge in [-0.15, -0.1) is 11.3 Å². The third-order valence-electron chi connectivity index (χ3n) is 3.76. The van der Waals surface area contributed by atoms with E-state index in [1.54, 1.807) is 11.3 Å². The number of thiazole rings is 1. The second-order valence-corrected chi connectivity index (χ2v) is 5.77. The molecular weight excluding hydrogens is 240 g/mol. The summed E-state index contributed by atoms with van der Waals surface area (Å²) in [5.41, 5.74) is 2.64. The van der Waals surface area contributed by atoms with Crippen LogP contribution in [-0.4, -0.2) is 23.0 Å². The first-order valence-corrected chi connectivity index (χ1v) is 7.46. The van der Waals surface area contributed by atoms with Gasteiger partial charge in [-0.25, -0.2) is 4.98 Å². The lowest BCUT2D eigenvalue weighted by atomic mass is 10.1. The van der Waals surface area contributed by atoms with Gasteiger partial charge in [0.15, 0.2) is 0 Å². The van der Waals surface area contributed by atoms with Gasteiger partial charge in [-0.05, 0) is 38.4 Å². The van der Waals surface area contributed by atoms with Crippen molar-refractivity contribution in [3.05, 3.63) is 41.4 Å². The first-order chi connectivity index (χ1) is 8.84. The van der Waals surface area contributed by atoms with E-state index in [1.165, 1.54) is 37.1 Å². The Hall–Kier alpha value is -1.19. The molecule has 3 heteroatoms. The summed E-state index contributed by atoms with van der Waals surface area (Å²) in [4.78, 5) is 6.91. The summed E-state index contributed by atoms with van der Waals surface area (Å²) in [6, 6.07) is 9.43. The molecule has 1 atom stereocenters. The van der Waals surface area contributed by atoms with E-state index < -0.39 is 0 Å². The monoisotopic (exact) mass is 258 g/mol. The van der Waals surface area contributed by atoms with Crippen molar-refractivity contribution < 1.29 is 0 Å². The van der Waals surface area contributed by atoms with Crippen molar-refractivity contribution in [2.75, 3.05) is 13.1 Å². The molecule has 3 rings (SSSR count). The Balaban J connectivity index is 1.78. The fourth-order valence-corrected chi connectivity index (χ4v) is 3.25. The number of benzene rings is 1. The Bertz CT molecular complexity index is 484. The van der Waals surface area contributed by atoms with E-state index in [1.807, 2.05) is 11.6 Å². The standard InChI is InChI=1S/C15H18N2S/c1-12(17-9-2-3-10-17)13-4-6-14(7-5-13)15-16-8-11-18-15/h4-8,11-12H,2-3,9-10H2,1H3. The molecule has 1 aliphatic heterocycles. The van der Waals surface area contributed by atoms with Crippen LogP contribution in [0.25, 0.3) is 10.6 Å². The zero-order valence-electron chi connectivity index (χ0n) is 10.7. The normalized spacial score (nSPS) is 18.1.